The van der Waals surface area contributed by atoms with Crippen molar-refractivity contribution in [3.8, 4) is 11.1 Å². The second-order valence-corrected chi connectivity index (χ2v) is 5.87. The highest BCUT2D eigenvalue weighted by Gasteiger charge is 2.19. The predicted octanol–water partition coefficient (Wildman–Crippen LogP) is 4.43. The highest BCUT2D eigenvalue weighted by molar-refractivity contribution is 6.11. The number of H-pyrrole nitrogens is 1. The van der Waals surface area contributed by atoms with Crippen LogP contribution in [0.1, 0.15) is 10.5 Å². The van der Waals surface area contributed by atoms with Crippen molar-refractivity contribution in [3.63, 3.8) is 0 Å². The van der Waals surface area contributed by atoms with Gasteiger partial charge in [-0.2, -0.15) is 5.10 Å². The van der Waals surface area contributed by atoms with Crippen LogP contribution in [0.15, 0.2) is 48.8 Å². The second-order valence-electron chi connectivity index (χ2n) is 5.87. The van der Waals surface area contributed by atoms with Crippen LogP contribution in [-0.2, 0) is 0 Å². The average molecular weight is 386 g/mol. The average Bonchev–Trinajstić information content (AvgIpc) is 3.10. The molecule has 0 saturated heterocycles. The molecule has 140 valence electrons. The summed E-state index contributed by atoms with van der Waals surface area (Å²) in [4.78, 5) is 15.8. The molecule has 28 heavy (non-hydrogen) atoms. The largest absolute Gasteiger partial charge is 0.316 e. The molecule has 0 radical (unpaired) electrons. The summed E-state index contributed by atoms with van der Waals surface area (Å²) in [5, 5.41) is 8.85. The Morgan fingerprint density at radius 3 is 2.46 bits per heavy atom. The van der Waals surface area contributed by atoms with Gasteiger partial charge in [-0.05, 0) is 23.8 Å². The Labute approximate surface area is 155 Å². The third kappa shape index (κ3) is 2.96. The van der Waals surface area contributed by atoms with Crippen LogP contribution in [0.4, 0.5) is 23.2 Å². The first kappa shape index (κ1) is 17.7. The summed E-state index contributed by atoms with van der Waals surface area (Å²) in [6.45, 7) is 0. The van der Waals surface area contributed by atoms with E-state index in [2.05, 4.69) is 20.5 Å². The number of anilines is 1. The third-order valence-corrected chi connectivity index (χ3v) is 4.13. The van der Waals surface area contributed by atoms with Crippen molar-refractivity contribution in [1.82, 2.24) is 15.2 Å². The molecule has 1 amide bonds. The van der Waals surface area contributed by atoms with Gasteiger partial charge in [-0.25, -0.2) is 17.6 Å². The van der Waals surface area contributed by atoms with Crippen molar-refractivity contribution in [2.75, 3.05) is 5.32 Å². The summed E-state index contributed by atoms with van der Waals surface area (Å²) in [6.07, 6.45) is 1.51. The second kappa shape index (κ2) is 6.76. The summed E-state index contributed by atoms with van der Waals surface area (Å²) >= 11 is 0. The number of carbonyl (C=O) groups excluding carboxylic acids is 1. The molecule has 0 spiro atoms. The lowest BCUT2D eigenvalue weighted by Gasteiger charge is -2.07. The first-order valence-corrected chi connectivity index (χ1v) is 7.98. The first-order valence-electron chi connectivity index (χ1n) is 7.98. The van der Waals surface area contributed by atoms with Crippen molar-refractivity contribution in [1.29, 1.82) is 0 Å². The molecule has 4 rings (SSSR count). The van der Waals surface area contributed by atoms with Gasteiger partial charge in [0.15, 0.2) is 29.0 Å². The third-order valence-electron chi connectivity index (χ3n) is 4.13. The molecule has 2 aromatic carbocycles. The number of pyridine rings is 1. The molecule has 2 heterocycles. The summed E-state index contributed by atoms with van der Waals surface area (Å²) < 4.78 is 55.0. The molecule has 0 aliphatic carbocycles. The molecule has 0 aliphatic heterocycles. The Balaban J connectivity index is 1.76. The number of aromatic amines is 1. The van der Waals surface area contributed by atoms with Crippen LogP contribution in [-0.4, -0.2) is 21.1 Å². The van der Waals surface area contributed by atoms with Crippen molar-refractivity contribution in [3.05, 3.63) is 77.8 Å². The molecule has 4 aromatic rings. The lowest BCUT2D eigenvalue weighted by atomic mass is 10.0. The van der Waals surface area contributed by atoms with Crippen LogP contribution in [0, 0.1) is 23.3 Å². The zero-order valence-corrected chi connectivity index (χ0v) is 13.9. The van der Waals surface area contributed by atoms with Gasteiger partial charge in [0.2, 0.25) is 0 Å². The minimum Gasteiger partial charge on any atom is -0.316 e. The van der Waals surface area contributed by atoms with Crippen LogP contribution in [0.5, 0.6) is 0 Å². The van der Waals surface area contributed by atoms with E-state index in [1.165, 1.54) is 30.3 Å². The predicted molar refractivity (Wildman–Crippen MR) is 93.6 cm³/mol. The molecular formula is C19H10F4N4O. The van der Waals surface area contributed by atoms with E-state index in [1.54, 1.807) is 0 Å². The number of fused-ring (bicyclic) bond motifs is 1. The molecule has 0 atom stereocenters. The Hall–Kier alpha value is -3.75. The van der Waals surface area contributed by atoms with Gasteiger partial charge in [-0.3, -0.25) is 14.9 Å². The van der Waals surface area contributed by atoms with Gasteiger partial charge >= 0.3 is 0 Å². The molecule has 9 heteroatoms. The number of nitrogens with one attached hydrogen (secondary N) is 2. The van der Waals surface area contributed by atoms with Gasteiger partial charge in [0.1, 0.15) is 5.69 Å². The smallest absolute Gasteiger partial charge is 0.276 e. The first-order chi connectivity index (χ1) is 13.5. The Morgan fingerprint density at radius 1 is 0.964 bits per heavy atom. The standard InChI is InChI=1S/C19H10F4N4O/c20-12-3-1-2-10(16(12)23)9-4-5-15-11(6-9)17(27-26-15)19(28)25-18-13(21)7-24-8-14(18)22/h1-8H,(H,26,27)(H,24,25,28). The molecule has 0 saturated carbocycles. The Morgan fingerprint density at radius 2 is 1.71 bits per heavy atom. The fourth-order valence-electron chi connectivity index (χ4n) is 2.78. The fraction of sp³-hybridized carbons (Fsp3) is 0. The minimum atomic E-state index is -1.05. The normalized spacial score (nSPS) is 11.0. The quantitative estimate of drug-likeness (QED) is 0.512. The lowest BCUT2D eigenvalue weighted by molar-refractivity contribution is 0.102. The van der Waals surface area contributed by atoms with Gasteiger partial charge in [0, 0.05) is 10.9 Å². The van der Waals surface area contributed by atoms with E-state index in [4.69, 9.17) is 0 Å². The van der Waals surface area contributed by atoms with Crippen LogP contribution in [0.25, 0.3) is 22.0 Å². The van der Waals surface area contributed by atoms with Crippen molar-refractivity contribution in [2.24, 2.45) is 0 Å². The van der Waals surface area contributed by atoms with E-state index in [9.17, 15) is 22.4 Å². The summed E-state index contributed by atoms with van der Waals surface area (Å²) in [6, 6.07) is 8.24. The number of benzene rings is 2. The summed E-state index contributed by atoms with van der Waals surface area (Å²) in [5.74, 6) is -5.01. The highest BCUT2D eigenvalue weighted by Crippen LogP contribution is 2.29. The number of aromatic nitrogens is 3. The van der Waals surface area contributed by atoms with E-state index in [-0.39, 0.29) is 16.6 Å². The number of nitrogens with zero attached hydrogens (tertiary/aromatic N) is 2. The molecular weight excluding hydrogens is 376 g/mol. The molecule has 0 bridgehead atoms. The lowest BCUT2D eigenvalue weighted by Crippen LogP contribution is -2.15. The zero-order valence-electron chi connectivity index (χ0n) is 13.9. The minimum absolute atomic E-state index is 0.000630. The maximum absolute atomic E-state index is 14.1. The van der Waals surface area contributed by atoms with Crippen LogP contribution < -0.4 is 5.32 Å². The Bertz CT molecular complexity index is 1200. The maximum atomic E-state index is 14.1. The molecule has 2 aromatic heterocycles. The molecule has 2 N–H and O–H groups in total. The fourth-order valence-corrected chi connectivity index (χ4v) is 2.78. The van der Waals surface area contributed by atoms with E-state index in [0.717, 1.165) is 18.5 Å². The van der Waals surface area contributed by atoms with Crippen molar-refractivity contribution in [2.45, 2.75) is 0 Å². The highest BCUT2D eigenvalue weighted by atomic mass is 19.2. The van der Waals surface area contributed by atoms with E-state index in [0.29, 0.717) is 11.1 Å². The van der Waals surface area contributed by atoms with Crippen molar-refractivity contribution >= 4 is 22.5 Å². The molecule has 0 aliphatic rings. The number of halogens is 4. The number of hydrogen-bond acceptors (Lipinski definition) is 3. The summed E-state index contributed by atoms with van der Waals surface area (Å²) in [5.41, 5.74) is -0.0870. The number of rotatable bonds is 3. The number of hydrogen-bond donors (Lipinski definition) is 2. The van der Waals surface area contributed by atoms with Gasteiger partial charge < -0.3 is 5.32 Å². The van der Waals surface area contributed by atoms with Gasteiger partial charge in [-0.15, -0.1) is 0 Å². The summed E-state index contributed by atoms with van der Waals surface area (Å²) in [7, 11) is 0. The molecule has 0 unspecified atom stereocenters. The zero-order chi connectivity index (χ0) is 19.8. The molecule has 5 nitrogen and oxygen atoms in total. The number of amides is 1. The Kier molecular flexibility index (Phi) is 4.26. The van der Waals surface area contributed by atoms with E-state index in [1.807, 2.05) is 0 Å². The van der Waals surface area contributed by atoms with Crippen molar-refractivity contribution < 1.29 is 22.4 Å². The SMILES string of the molecule is O=C(Nc1c(F)cncc1F)c1n[nH]c2ccc(-c3cccc(F)c3F)cc12. The van der Waals surface area contributed by atoms with Gasteiger partial charge in [-0.1, -0.05) is 18.2 Å². The maximum Gasteiger partial charge on any atom is 0.276 e. The molecule has 0 fully saturated rings. The van der Waals surface area contributed by atoms with Crippen LogP contribution in [0.3, 0.4) is 0 Å². The van der Waals surface area contributed by atoms with Gasteiger partial charge in [0.25, 0.3) is 5.91 Å². The van der Waals surface area contributed by atoms with Crippen LogP contribution >= 0.6 is 0 Å². The van der Waals surface area contributed by atoms with Gasteiger partial charge in [0.05, 0.1) is 17.9 Å². The number of carbonyl (C=O) groups is 1. The van der Waals surface area contributed by atoms with E-state index < -0.39 is 34.9 Å². The van der Waals surface area contributed by atoms with E-state index >= 15 is 0 Å². The topological polar surface area (TPSA) is 70.7 Å². The van der Waals surface area contributed by atoms with Crippen LogP contribution in [0.2, 0.25) is 0 Å². The monoisotopic (exact) mass is 386 g/mol.